The summed E-state index contributed by atoms with van der Waals surface area (Å²) < 4.78 is 26.6. The number of carbonyl (C=O) groups is 1. The molecule has 1 atom stereocenters. The highest BCUT2D eigenvalue weighted by molar-refractivity contribution is 7.90. The molecular formula is C12H15N3O4S. The molecule has 0 radical (unpaired) electrons. The molecule has 0 bridgehead atoms. The number of nitrogens with zero attached hydrogens (tertiary/aromatic N) is 2. The van der Waals surface area contributed by atoms with Crippen LogP contribution >= 0.6 is 0 Å². The quantitative estimate of drug-likeness (QED) is 0.856. The Balaban J connectivity index is 2.54. The van der Waals surface area contributed by atoms with E-state index in [-0.39, 0.29) is 6.54 Å². The van der Waals surface area contributed by atoms with Gasteiger partial charge in [0, 0.05) is 18.9 Å². The molecule has 8 heteroatoms. The van der Waals surface area contributed by atoms with Gasteiger partial charge in [0.25, 0.3) is 0 Å². The van der Waals surface area contributed by atoms with Crippen LogP contribution in [0, 0.1) is 0 Å². The molecule has 0 fully saturated rings. The van der Waals surface area contributed by atoms with Crippen LogP contribution in [0.3, 0.4) is 0 Å². The van der Waals surface area contributed by atoms with Gasteiger partial charge in [-0.15, -0.1) is 0 Å². The molecule has 1 amide bonds. The summed E-state index contributed by atoms with van der Waals surface area (Å²) in [7, 11) is -2.55. The number of hydrogen-bond acceptors (Lipinski definition) is 4. The van der Waals surface area contributed by atoms with E-state index in [0.29, 0.717) is 17.6 Å². The topological polar surface area (TPSA) is 99.6 Å². The zero-order chi connectivity index (χ0) is 14.8. The number of carboxylic acid groups (broad SMARTS) is 1. The molecule has 1 aliphatic rings. The third-order valence-electron chi connectivity index (χ3n) is 3.10. The van der Waals surface area contributed by atoms with Crippen LogP contribution in [0.1, 0.15) is 12.0 Å². The Bertz CT molecular complexity index is 627. The lowest BCUT2D eigenvalue weighted by atomic mass is 10.0. The highest BCUT2D eigenvalue weighted by Gasteiger charge is 2.39. The van der Waals surface area contributed by atoms with Gasteiger partial charge in [-0.25, -0.2) is 17.9 Å². The molecule has 1 unspecified atom stereocenters. The predicted molar refractivity (Wildman–Crippen MR) is 73.3 cm³/mol. The van der Waals surface area contributed by atoms with Crippen molar-refractivity contribution in [2.75, 3.05) is 13.6 Å². The van der Waals surface area contributed by atoms with E-state index in [1.165, 1.54) is 13.2 Å². The molecule has 0 saturated heterocycles. The SMILES string of the molecule is CNS(=O)(=O)C1C(c2cccnc2)=CCCN1C(=O)O. The summed E-state index contributed by atoms with van der Waals surface area (Å²) in [6.45, 7) is 0.144. The van der Waals surface area contributed by atoms with Crippen LogP contribution in [-0.4, -0.2) is 48.5 Å². The van der Waals surface area contributed by atoms with Gasteiger partial charge in [0.05, 0.1) is 0 Å². The minimum absolute atomic E-state index is 0.144. The maximum Gasteiger partial charge on any atom is 0.408 e. The second-order valence-electron chi connectivity index (χ2n) is 4.27. The van der Waals surface area contributed by atoms with Crippen LogP contribution in [0.15, 0.2) is 30.6 Å². The van der Waals surface area contributed by atoms with Crippen LogP contribution < -0.4 is 4.72 Å². The minimum Gasteiger partial charge on any atom is -0.465 e. The van der Waals surface area contributed by atoms with Crippen molar-refractivity contribution in [1.82, 2.24) is 14.6 Å². The fourth-order valence-corrected chi connectivity index (χ4v) is 3.50. The highest BCUT2D eigenvalue weighted by Crippen LogP contribution is 2.29. The zero-order valence-corrected chi connectivity index (χ0v) is 11.7. The van der Waals surface area contributed by atoms with Gasteiger partial charge in [-0.05, 0) is 30.7 Å². The summed E-state index contributed by atoms with van der Waals surface area (Å²) in [4.78, 5) is 16.2. The number of nitrogens with one attached hydrogen (secondary N) is 1. The van der Waals surface area contributed by atoms with E-state index in [4.69, 9.17) is 0 Å². The van der Waals surface area contributed by atoms with Crippen molar-refractivity contribution in [2.24, 2.45) is 0 Å². The molecule has 0 aliphatic carbocycles. The first-order valence-corrected chi connectivity index (χ1v) is 7.54. The first-order valence-electron chi connectivity index (χ1n) is 5.99. The molecule has 2 heterocycles. The van der Waals surface area contributed by atoms with Gasteiger partial charge in [-0.1, -0.05) is 12.1 Å². The Hall–Kier alpha value is -1.93. The summed E-state index contributed by atoms with van der Waals surface area (Å²) in [5, 5.41) is 7.96. The molecule has 1 aromatic rings. The Morgan fingerprint density at radius 1 is 1.55 bits per heavy atom. The van der Waals surface area contributed by atoms with Gasteiger partial charge < -0.3 is 5.11 Å². The minimum atomic E-state index is -3.81. The van der Waals surface area contributed by atoms with Gasteiger partial charge in [-0.3, -0.25) is 9.88 Å². The highest BCUT2D eigenvalue weighted by atomic mass is 32.2. The first kappa shape index (κ1) is 14.5. The Kier molecular flexibility index (Phi) is 4.05. The summed E-state index contributed by atoms with van der Waals surface area (Å²) >= 11 is 0. The number of pyridine rings is 1. The largest absolute Gasteiger partial charge is 0.465 e. The molecule has 2 N–H and O–H groups in total. The van der Waals surface area contributed by atoms with Crippen molar-refractivity contribution in [3.63, 3.8) is 0 Å². The van der Waals surface area contributed by atoms with Crippen LogP contribution in [0.2, 0.25) is 0 Å². The van der Waals surface area contributed by atoms with Crippen molar-refractivity contribution in [2.45, 2.75) is 11.8 Å². The third kappa shape index (κ3) is 2.66. The zero-order valence-electron chi connectivity index (χ0n) is 10.9. The first-order chi connectivity index (χ1) is 9.47. The molecule has 0 saturated carbocycles. The van der Waals surface area contributed by atoms with E-state index in [9.17, 15) is 18.3 Å². The van der Waals surface area contributed by atoms with Gasteiger partial charge in [-0.2, -0.15) is 0 Å². The number of sulfonamides is 1. The molecule has 2 rings (SSSR count). The smallest absolute Gasteiger partial charge is 0.408 e. The van der Waals surface area contributed by atoms with Crippen LogP contribution in [-0.2, 0) is 10.0 Å². The predicted octanol–water partition coefficient (Wildman–Crippen LogP) is 0.724. The van der Waals surface area contributed by atoms with E-state index < -0.39 is 21.5 Å². The fraction of sp³-hybridized carbons (Fsp3) is 0.333. The average molecular weight is 297 g/mol. The summed E-state index contributed by atoms with van der Waals surface area (Å²) in [6.07, 6.45) is 4.05. The standard InChI is InChI=1S/C12H15N3O4S/c1-13-20(18,19)11-10(9-4-2-6-14-8-9)5-3-7-15(11)12(16)17/h2,4-6,8,11,13H,3,7H2,1H3,(H,16,17). The molecule has 0 spiro atoms. The average Bonchev–Trinajstić information content (AvgIpc) is 2.47. The van der Waals surface area contributed by atoms with Gasteiger partial charge >= 0.3 is 6.09 Å². The van der Waals surface area contributed by atoms with Crippen molar-refractivity contribution in [3.05, 3.63) is 36.2 Å². The van der Waals surface area contributed by atoms with Crippen molar-refractivity contribution >= 4 is 21.7 Å². The maximum absolute atomic E-state index is 12.2. The molecule has 1 aliphatic heterocycles. The summed E-state index contributed by atoms with van der Waals surface area (Å²) in [6, 6.07) is 3.39. The fourth-order valence-electron chi connectivity index (χ4n) is 2.18. The van der Waals surface area contributed by atoms with E-state index in [2.05, 4.69) is 9.71 Å². The Morgan fingerprint density at radius 2 is 2.30 bits per heavy atom. The lowest BCUT2D eigenvalue weighted by Crippen LogP contribution is -2.50. The second kappa shape index (κ2) is 5.59. The molecule has 7 nitrogen and oxygen atoms in total. The summed E-state index contributed by atoms with van der Waals surface area (Å²) in [5.41, 5.74) is 1.03. The Morgan fingerprint density at radius 3 is 2.85 bits per heavy atom. The lowest BCUT2D eigenvalue weighted by molar-refractivity contribution is 0.145. The van der Waals surface area contributed by atoms with E-state index in [1.807, 2.05) is 0 Å². The van der Waals surface area contributed by atoms with Crippen molar-refractivity contribution in [1.29, 1.82) is 0 Å². The van der Waals surface area contributed by atoms with Gasteiger partial charge in [0.1, 0.15) is 0 Å². The molecular weight excluding hydrogens is 282 g/mol. The van der Waals surface area contributed by atoms with E-state index in [0.717, 1.165) is 4.90 Å². The van der Waals surface area contributed by atoms with Crippen molar-refractivity contribution < 1.29 is 18.3 Å². The normalized spacial score (nSPS) is 19.6. The van der Waals surface area contributed by atoms with Crippen LogP contribution in [0.5, 0.6) is 0 Å². The number of amides is 1. The van der Waals surface area contributed by atoms with Gasteiger partial charge in [0.15, 0.2) is 5.37 Å². The molecule has 108 valence electrons. The monoisotopic (exact) mass is 297 g/mol. The number of rotatable bonds is 3. The molecule has 1 aromatic heterocycles. The van der Waals surface area contributed by atoms with E-state index >= 15 is 0 Å². The van der Waals surface area contributed by atoms with Crippen LogP contribution in [0.4, 0.5) is 4.79 Å². The number of hydrogen-bond donors (Lipinski definition) is 2. The Labute approximate surface area is 117 Å². The van der Waals surface area contributed by atoms with Crippen molar-refractivity contribution in [3.8, 4) is 0 Å². The molecule has 20 heavy (non-hydrogen) atoms. The van der Waals surface area contributed by atoms with Gasteiger partial charge in [0.2, 0.25) is 10.0 Å². The third-order valence-corrected chi connectivity index (χ3v) is 4.77. The summed E-state index contributed by atoms with van der Waals surface area (Å²) in [5.74, 6) is 0. The lowest BCUT2D eigenvalue weighted by Gasteiger charge is -2.33. The second-order valence-corrected chi connectivity index (χ2v) is 6.21. The number of aromatic nitrogens is 1. The van der Waals surface area contributed by atoms with Crippen LogP contribution in [0.25, 0.3) is 5.57 Å². The maximum atomic E-state index is 12.2. The van der Waals surface area contributed by atoms with E-state index in [1.54, 1.807) is 24.4 Å². The molecule has 0 aromatic carbocycles.